The van der Waals surface area contributed by atoms with Crippen LogP contribution in [0.2, 0.25) is 0 Å². The molecule has 29 heavy (non-hydrogen) atoms. The fourth-order valence-electron chi connectivity index (χ4n) is 3.07. The molecule has 1 aromatic carbocycles. The molecule has 0 aliphatic carbocycles. The number of hydrogen-bond acceptors (Lipinski definition) is 4. The van der Waals surface area contributed by atoms with E-state index >= 15 is 0 Å². The maximum atomic E-state index is 11.5. The van der Waals surface area contributed by atoms with Crippen LogP contribution in [0.1, 0.15) is 33.0 Å². The number of nitrogens with zero attached hydrogens (tertiary/aromatic N) is 3. The highest BCUT2D eigenvalue weighted by Crippen LogP contribution is 2.15. The molecule has 3 N–H and O–H groups in total. The topological polar surface area (TPSA) is 100 Å². The van der Waals surface area contributed by atoms with E-state index in [-0.39, 0.29) is 24.0 Å². The number of nitrogens with one attached hydrogen (secondary N) is 3. The Bertz CT molecular complexity index is 924. The van der Waals surface area contributed by atoms with Crippen molar-refractivity contribution < 1.29 is 8.42 Å². The standard InChI is InChI=1S/C19H32N6O2S.HI/c1-6-20-18(22-14-19(3,4)24-28(5,26)27)21-12-9-13-25-15(2)23-16-10-7-8-11-17(16)25;/h7-8,10-11,24H,6,9,12-14H2,1-5H3,(H2,20,21,22);1H. The molecule has 2 rings (SSSR count). The van der Waals surface area contributed by atoms with Gasteiger partial charge in [-0.2, -0.15) is 0 Å². The van der Waals surface area contributed by atoms with Crippen LogP contribution >= 0.6 is 24.0 Å². The predicted octanol–water partition coefficient (Wildman–Crippen LogP) is 2.24. The number of sulfonamides is 1. The minimum Gasteiger partial charge on any atom is -0.357 e. The second-order valence-electron chi connectivity index (χ2n) is 7.53. The molecule has 0 atom stereocenters. The van der Waals surface area contributed by atoms with Gasteiger partial charge in [-0.25, -0.2) is 18.1 Å². The van der Waals surface area contributed by atoms with E-state index in [0.29, 0.717) is 12.5 Å². The lowest BCUT2D eigenvalue weighted by Crippen LogP contribution is -2.46. The lowest BCUT2D eigenvalue weighted by atomic mass is 10.1. The van der Waals surface area contributed by atoms with Crippen molar-refractivity contribution in [3.05, 3.63) is 30.1 Å². The molecule has 0 saturated carbocycles. The Balaban J connectivity index is 0.00000420. The van der Waals surface area contributed by atoms with Crippen LogP contribution in [-0.4, -0.2) is 55.4 Å². The van der Waals surface area contributed by atoms with Crippen LogP contribution in [0.5, 0.6) is 0 Å². The summed E-state index contributed by atoms with van der Waals surface area (Å²) in [5, 5.41) is 6.51. The maximum Gasteiger partial charge on any atom is 0.209 e. The SMILES string of the molecule is CCNC(=NCC(C)(C)NS(C)(=O)=O)NCCCn1c(C)nc2ccccc21.I. The molecule has 1 aromatic heterocycles. The van der Waals surface area contributed by atoms with Gasteiger partial charge in [-0.1, -0.05) is 12.1 Å². The third-order valence-corrected chi connectivity index (χ3v) is 5.06. The Hall–Kier alpha value is -1.40. The van der Waals surface area contributed by atoms with Crippen molar-refractivity contribution in [3.63, 3.8) is 0 Å². The molecule has 0 amide bonds. The fourth-order valence-corrected chi connectivity index (χ4v) is 4.14. The van der Waals surface area contributed by atoms with Gasteiger partial charge in [0.05, 0.1) is 23.8 Å². The van der Waals surface area contributed by atoms with Gasteiger partial charge in [0.2, 0.25) is 10.0 Å². The third-order valence-electron chi connectivity index (χ3n) is 4.13. The zero-order chi connectivity index (χ0) is 20.8. The van der Waals surface area contributed by atoms with Crippen molar-refractivity contribution in [2.75, 3.05) is 25.9 Å². The van der Waals surface area contributed by atoms with Crippen LogP contribution in [0, 0.1) is 6.92 Å². The Morgan fingerprint density at radius 3 is 2.59 bits per heavy atom. The number of aryl methyl sites for hydroxylation is 2. The summed E-state index contributed by atoms with van der Waals surface area (Å²) in [5.74, 6) is 1.69. The van der Waals surface area contributed by atoms with E-state index in [0.717, 1.165) is 49.2 Å². The highest BCUT2D eigenvalue weighted by atomic mass is 127. The molecule has 10 heteroatoms. The number of fused-ring (bicyclic) bond motifs is 1. The first-order valence-corrected chi connectivity index (χ1v) is 11.4. The average molecular weight is 536 g/mol. The minimum absolute atomic E-state index is 0. The van der Waals surface area contributed by atoms with Crippen molar-refractivity contribution in [1.82, 2.24) is 24.9 Å². The molecular formula is C19H33IN6O2S. The number of guanidine groups is 1. The number of halogens is 1. The van der Waals surface area contributed by atoms with E-state index in [4.69, 9.17) is 0 Å². The van der Waals surface area contributed by atoms with Gasteiger partial charge in [0, 0.05) is 25.2 Å². The number of hydrogen-bond donors (Lipinski definition) is 3. The zero-order valence-electron chi connectivity index (χ0n) is 17.8. The molecule has 0 bridgehead atoms. The van der Waals surface area contributed by atoms with Crippen molar-refractivity contribution in [2.45, 2.75) is 46.2 Å². The van der Waals surface area contributed by atoms with Gasteiger partial charge in [-0.15, -0.1) is 24.0 Å². The number of para-hydroxylation sites is 2. The number of imidazole rings is 1. The van der Waals surface area contributed by atoms with Crippen LogP contribution in [0.25, 0.3) is 11.0 Å². The summed E-state index contributed by atoms with van der Waals surface area (Å²) in [7, 11) is -3.28. The van der Waals surface area contributed by atoms with E-state index in [1.807, 2.05) is 45.9 Å². The number of aromatic nitrogens is 2. The quantitative estimate of drug-likeness (QED) is 0.198. The van der Waals surface area contributed by atoms with Crippen molar-refractivity contribution in [1.29, 1.82) is 0 Å². The molecule has 2 aromatic rings. The highest BCUT2D eigenvalue weighted by molar-refractivity contribution is 14.0. The van der Waals surface area contributed by atoms with E-state index in [1.54, 1.807) is 0 Å². The van der Waals surface area contributed by atoms with Gasteiger partial charge in [0.1, 0.15) is 5.82 Å². The van der Waals surface area contributed by atoms with Crippen LogP contribution in [0.15, 0.2) is 29.3 Å². The first kappa shape index (κ1) is 25.6. The van der Waals surface area contributed by atoms with Crippen LogP contribution < -0.4 is 15.4 Å². The van der Waals surface area contributed by atoms with Crippen molar-refractivity contribution >= 4 is 51.0 Å². The van der Waals surface area contributed by atoms with Crippen LogP contribution in [0.3, 0.4) is 0 Å². The molecule has 0 aliphatic rings. The lowest BCUT2D eigenvalue weighted by molar-refractivity contribution is 0.464. The monoisotopic (exact) mass is 536 g/mol. The molecule has 0 fully saturated rings. The minimum atomic E-state index is -3.28. The number of aliphatic imine (C=N–C) groups is 1. The fraction of sp³-hybridized carbons (Fsp3) is 0.579. The van der Waals surface area contributed by atoms with Crippen molar-refractivity contribution in [2.24, 2.45) is 4.99 Å². The molecule has 0 radical (unpaired) electrons. The van der Waals surface area contributed by atoms with E-state index in [2.05, 4.69) is 36.0 Å². The lowest BCUT2D eigenvalue weighted by Gasteiger charge is -2.23. The van der Waals surface area contributed by atoms with Crippen LogP contribution in [0.4, 0.5) is 0 Å². The summed E-state index contributed by atoms with van der Waals surface area (Å²) in [6, 6.07) is 8.14. The van der Waals surface area contributed by atoms with Gasteiger partial charge in [0.25, 0.3) is 0 Å². The summed E-state index contributed by atoms with van der Waals surface area (Å²) >= 11 is 0. The van der Waals surface area contributed by atoms with Gasteiger partial charge in [-0.05, 0) is 46.2 Å². The molecule has 0 aliphatic heterocycles. The average Bonchev–Trinajstić information content (AvgIpc) is 2.90. The third kappa shape index (κ3) is 8.47. The Labute approximate surface area is 191 Å². The van der Waals surface area contributed by atoms with Gasteiger partial charge in [-0.3, -0.25) is 4.99 Å². The van der Waals surface area contributed by atoms with Gasteiger partial charge < -0.3 is 15.2 Å². The molecule has 1 heterocycles. The second kappa shape index (κ2) is 11.1. The summed E-state index contributed by atoms with van der Waals surface area (Å²) in [6.07, 6.45) is 2.07. The molecule has 8 nitrogen and oxygen atoms in total. The van der Waals surface area contributed by atoms with Gasteiger partial charge in [0.15, 0.2) is 5.96 Å². The molecule has 0 spiro atoms. The highest BCUT2D eigenvalue weighted by Gasteiger charge is 2.21. The second-order valence-corrected chi connectivity index (χ2v) is 9.28. The summed E-state index contributed by atoms with van der Waals surface area (Å²) in [5.41, 5.74) is 1.51. The Morgan fingerprint density at radius 1 is 1.24 bits per heavy atom. The van der Waals surface area contributed by atoms with Gasteiger partial charge >= 0.3 is 0 Å². The predicted molar refractivity (Wildman–Crippen MR) is 131 cm³/mol. The molecule has 0 saturated heterocycles. The first-order valence-electron chi connectivity index (χ1n) is 9.54. The number of benzene rings is 1. The summed E-state index contributed by atoms with van der Waals surface area (Å²) in [6.45, 7) is 10.3. The normalized spacial score (nSPS) is 12.7. The first-order chi connectivity index (χ1) is 13.1. The summed E-state index contributed by atoms with van der Waals surface area (Å²) in [4.78, 5) is 9.11. The molecule has 0 unspecified atom stereocenters. The van der Waals surface area contributed by atoms with E-state index in [1.165, 1.54) is 0 Å². The molecular weight excluding hydrogens is 503 g/mol. The van der Waals surface area contributed by atoms with E-state index in [9.17, 15) is 8.42 Å². The maximum absolute atomic E-state index is 11.5. The van der Waals surface area contributed by atoms with E-state index < -0.39 is 15.6 Å². The number of rotatable bonds is 9. The zero-order valence-corrected chi connectivity index (χ0v) is 21.0. The smallest absolute Gasteiger partial charge is 0.209 e. The van der Waals surface area contributed by atoms with Crippen molar-refractivity contribution in [3.8, 4) is 0 Å². The Kier molecular flexibility index (Phi) is 9.83. The Morgan fingerprint density at radius 2 is 1.93 bits per heavy atom. The largest absolute Gasteiger partial charge is 0.357 e. The molecule has 164 valence electrons. The van der Waals surface area contributed by atoms with Crippen LogP contribution in [-0.2, 0) is 16.6 Å². The summed E-state index contributed by atoms with van der Waals surface area (Å²) < 4.78 is 27.7.